The highest BCUT2D eigenvalue weighted by Crippen LogP contribution is 2.30. The lowest BCUT2D eigenvalue weighted by Crippen LogP contribution is -3.14. The number of hydrogen-bond acceptors (Lipinski definition) is 5. The van der Waals surface area contributed by atoms with Gasteiger partial charge >= 0.3 is 0 Å². The van der Waals surface area contributed by atoms with Gasteiger partial charge in [-0.15, -0.1) is 11.3 Å². The number of amides is 1. The zero-order valence-corrected chi connectivity index (χ0v) is 16.1. The minimum absolute atomic E-state index is 0.0863. The predicted octanol–water partition coefficient (Wildman–Crippen LogP) is 2.61. The molecule has 1 aliphatic rings. The lowest BCUT2D eigenvalue weighted by molar-refractivity contribution is -0.898. The summed E-state index contributed by atoms with van der Waals surface area (Å²) < 4.78 is 1.19. The highest BCUT2D eigenvalue weighted by Gasteiger charge is 2.28. The molecule has 0 bridgehead atoms. The molecule has 8 heteroatoms. The number of para-hydroxylation sites is 3. The normalized spacial score (nSPS) is 19.4. The number of carbonyl (C=O) groups is 1. The van der Waals surface area contributed by atoms with Crippen molar-refractivity contribution in [3.63, 3.8) is 0 Å². The first-order valence-corrected chi connectivity index (χ1v) is 10.1. The molecule has 2 aromatic carbocycles. The third-order valence-electron chi connectivity index (χ3n) is 5.06. The molecule has 2 N–H and O–H groups in total. The van der Waals surface area contributed by atoms with Gasteiger partial charge in [-0.05, 0) is 31.0 Å². The number of thiazole rings is 1. The molecule has 1 aliphatic heterocycles. The Labute approximate surface area is 166 Å². The number of hydrogen-bond donors (Lipinski definition) is 2. The highest BCUT2D eigenvalue weighted by atomic mass is 32.1. The van der Waals surface area contributed by atoms with Crippen LogP contribution in [0.25, 0.3) is 10.2 Å². The van der Waals surface area contributed by atoms with Gasteiger partial charge in [-0.2, -0.15) is 0 Å². The van der Waals surface area contributed by atoms with Crippen molar-refractivity contribution < 1.29 is 14.6 Å². The second kappa shape index (κ2) is 8.04. The van der Waals surface area contributed by atoms with Gasteiger partial charge in [-0.1, -0.05) is 24.3 Å². The van der Waals surface area contributed by atoms with Crippen molar-refractivity contribution in [2.24, 2.45) is 0 Å². The van der Waals surface area contributed by atoms with Crippen LogP contribution in [0.4, 0.5) is 11.4 Å². The number of carbonyl (C=O) groups excluding carboxylic acids is 1. The topological polar surface area (TPSA) is 89.6 Å². The average Bonchev–Trinajstić information content (AvgIpc) is 3.13. The maximum atomic E-state index is 12.5. The van der Waals surface area contributed by atoms with Crippen molar-refractivity contribution in [2.75, 3.05) is 25.0 Å². The fraction of sp³-hybridized carbons (Fsp3) is 0.300. The Kier molecular flexibility index (Phi) is 5.31. The average molecular weight is 397 g/mol. The van der Waals surface area contributed by atoms with Gasteiger partial charge in [-0.25, -0.2) is 4.98 Å². The number of nitrogens with zero attached hydrogens (tertiary/aromatic N) is 2. The summed E-state index contributed by atoms with van der Waals surface area (Å²) >= 11 is 1.73. The van der Waals surface area contributed by atoms with E-state index in [-0.39, 0.29) is 17.3 Å². The van der Waals surface area contributed by atoms with Crippen LogP contribution in [0, 0.1) is 10.1 Å². The molecule has 144 valence electrons. The van der Waals surface area contributed by atoms with E-state index in [4.69, 9.17) is 4.98 Å². The van der Waals surface area contributed by atoms with Crippen LogP contribution in [0.1, 0.15) is 23.8 Å². The molecular formula is C20H21N4O3S+. The summed E-state index contributed by atoms with van der Waals surface area (Å²) in [5, 5.41) is 14.9. The third kappa shape index (κ3) is 4.02. The maximum absolute atomic E-state index is 12.5. The number of benzene rings is 2. The zero-order valence-electron chi connectivity index (χ0n) is 15.3. The van der Waals surface area contributed by atoms with Crippen molar-refractivity contribution in [2.45, 2.75) is 18.8 Å². The van der Waals surface area contributed by atoms with Crippen LogP contribution in [0.2, 0.25) is 0 Å². The van der Waals surface area contributed by atoms with E-state index < -0.39 is 4.92 Å². The highest BCUT2D eigenvalue weighted by molar-refractivity contribution is 7.18. The molecule has 1 amide bonds. The van der Waals surface area contributed by atoms with Crippen LogP contribution >= 0.6 is 11.3 Å². The van der Waals surface area contributed by atoms with Crippen LogP contribution in [0.15, 0.2) is 48.5 Å². The van der Waals surface area contributed by atoms with Crippen LogP contribution in [0.5, 0.6) is 0 Å². The van der Waals surface area contributed by atoms with Crippen LogP contribution in [0.3, 0.4) is 0 Å². The van der Waals surface area contributed by atoms with E-state index in [1.54, 1.807) is 29.5 Å². The van der Waals surface area contributed by atoms with Crippen molar-refractivity contribution in [3.8, 4) is 0 Å². The minimum atomic E-state index is -0.480. The SMILES string of the molecule is O=C(C[NH+]1CCC[C@@H](c2nc3ccccc3s2)C1)Nc1ccccc1[N+](=O)[O-]. The molecule has 0 spiro atoms. The predicted molar refractivity (Wildman–Crippen MR) is 109 cm³/mol. The Morgan fingerprint density at radius 3 is 2.86 bits per heavy atom. The lowest BCUT2D eigenvalue weighted by Gasteiger charge is -2.28. The quantitative estimate of drug-likeness (QED) is 0.512. The summed E-state index contributed by atoms with van der Waals surface area (Å²) in [5.41, 5.74) is 1.19. The van der Waals surface area contributed by atoms with Gasteiger partial charge in [0.25, 0.3) is 11.6 Å². The fourth-order valence-corrected chi connectivity index (χ4v) is 4.85. The summed E-state index contributed by atoms with van der Waals surface area (Å²) in [5.74, 6) is 0.147. The van der Waals surface area contributed by atoms with Gasteiger partial charge in [0.2, 0.25) is 0 Å². The zero-order chi connectivity index (χ0) is 19.5. The molecule has 1 fully saturated rings. The first-order valence-electron chi connectivity index (χ1n) is 9.32. The molecule has 1 saturated heterocycles. The number of fused-ring (bicyclic) bond motifs is 1. The van der Waals surface area contributed by atoms with Crippen molar-refractivity contribution >= 4 is 38.8 Å². The fourth-order valence-electron chi connectivity index (χ4n) is 3.75. The molecule has 7 nitrogen and oxygen atoms in total. The number of aromatic nitrogens is 1. The first-order chi connectivity index (χ1) is 13.6. The number of rotatable bonds is 5. The van der Waals surface area contributed by atoms with Gasteiger partial charge in [0.15, 0.2) is 6.54 Å². The Balaban J connectivity index is 1.41. The van der Waals surface area contributed by atoms with E-state index in [0.29, 0.717) is 12.5 Å². The second-order valence-corrected chi connectivity index (χ2v) is 8.12. The molecule has 2 atom stereocenters. The molecular weight excluding hydrogens is 376 g/mol. The van der Waals surface area contributed by atoms with E-state index in [9.17, 15) is 14.9 Å². The van der Waals surface area contributed by atoms with Crippen LogP contribution < -0.4 is 10.2 Å². The Bertz CT molecular complexity index is 986. The number of nitro benzene ring substituents is 1. The molecule has 28 heavy (non-hydrogen) atoms. The van der Waals surface area contributed by atoms with Gasteiger partial charge < -0.3 is 10.2 Å². The van der Waals surface area contributed by atoms with E-state index in [1.807, 2.05) is 18.2 Å². The molecule has 0 saturated carbocycles. The van der Waals surface area contributed by atoms with E-state index >= 15 is 0 Å². The van der Waals surface area contributed by atoms with E-state index in [1.165, 1.54) is 15.7 Å². The van der Waals surface area contributed by atoms with E-state index in [0.717, 1.165) is 36.5 Å². The largest absolute Gasteiger partial charge is 0.327 e. The Morgan fingerprint density at radius 1 is 1.25 bits per heavy atom. The number of nitrogens with one attached hydrogen (secondary N) is 2. The number of quaternary nitrogens is 1. The number of anilines is 1. The van der Waals surface area contributed by atoms with Crippen LogP contribution in [-0.2, 0) is 4.79 Å². The standard InChI is InChI=1S/C20H20N4O3S/c25-19(21-15-7-1-3-9-17(15)24(26)27)13-23-11-5-6-14(12-23)20-22-16-8-2-4-10-18(16)28-20/h1-4,7-10,14H,5-6,11-13H2,(H,21,25)/p+1/t14-/m1/s1. The first kappa shape index (κ1) is 18.5. The lowest BCUT2D eigenvalue weighted by atomic mass is 9.99. The van der Waals surface area contributed by atoms with Crippen molar-refractivity contribution in [1.29, 1.82) is 0 Å². The minimum Gasteiger partial charge on any atom is -0.327 e. The summed E-state index contributed by atoms with van der Waals surface area (Å²) in [6.45, 7) is 2.07. The molecule has 1 unspecified atom stereocenters. The van der Waals surface area contributed by atoms with Crippen LogP contribution in [-0.4, -0.2) is 35.4 Å². The van der Waals surface area contributed by atoms with Gasteiger partial charge in [-0.3, -0.25) is 14.9 Å². The maximum Gasteiger partial charge on any atom is 0.292 e. The molecule has 0 aliphatic carbocycles. The van der Waals surface area contributed by atoms with Gasteiger partial charge in [0.1, 0.15) is 10.7 Å². The molecule has 3 aromatic rings. The summed E-state index contributed by atoms with van der Waals surface area (Å²) in [6, 6.07) is 14.4. The van der Waals surface area contributed by atoms with Crippen molar-refractivity contribution in [1.82, 2.24) is 4.98 Å². The molecule has 2 heterocycles. The second-order valence-electron chi connectivity index (χ2n) is 7.06. The molecule has 1 aromatic heterocycles. The summed E-state index contributed by atoms with van der Waals surface area (Å²) in [7, 11) is 0. The van der Waals surface area contributed by atoms with Crippen molar-refractivity contribution in [3.05, 3.63) is 63.7 Å². The monoisotopic (exact) mass is 397 g/mol. The number of piperidine rings is 1. The number of nitro groups is 1. The number of likely N-dealkylation sites (tertiary alicyclic amines) is 1. The van der Waals surface area contributed by atoms with Gasteiger partial charge in [0, 0.05) is 6.07 Å². The van der Waals surface area contributed by atoms with Gasteiger partial charge in [0.05, 0.1) is 34.1 Å². The molecule has 4 rings (SSSR count). The Morgan fingerprint density at radius 2 is 2.04 bits per heavy atom. The summed E-state index contributed by atoms with van der Waals surface area (Å²) in [4.78, 5) is 29.1. The molecule has 0 radical (unpaired) electrons. The summed E-state index contributed by atoms with van der Waals surface area (Å²) in [6.07, 6.45) is 2.11. The third-order valence-corrected chi connectivity index (χ3v) is 6.26. The Hall–Kier alpha value is -2.84. The van der Waals surface area contributed by atoms with E-state index in [2.05, 4.69) is 11.4 Å². The smallest absolute Gasteiger partial charge is 0.292 e.